The number of carbonyl (C=O) groups is 1. The third-order valence-electron chi connectivity index (χ3n) is 3.16. The Morgan fingerprint density at radius 3 is 2.65 bits per heavy atom. The first kappa shape index (κ1) is 20.0. The molecule has 7 nitrogen and oxygen atoms in total. The van der Waals surface area contributed by atoms with Crippen LogP contribution >= 0.6 is 23.2 Å². The largest absolute Gasteiger partial charge is 0.514 e. The van der Waals surface area contributed by atoms with Crippen LogP contribution in [0.1, 0.15) is 0 Å². The zero-order valence-corrected chi connectivity index (χ0v) is 15.4. The summed E-state index contributed by atoms with van der Waals surface area (Å²) in [6.07, 6.45) is -1.05. The molecule has 0 fully saturated rings. The number of nitrogens with zero attached hydrogens (tertiary/aromatic N) is 1. The third-order valence-corrected chi connectivity index (χ3v) is 3.84. The molecule has 0 unspecified atom stereocenters. The van der Waals surface area contributed by atoms with Crippen molar-refractivity contribution in [2.75, 3.05) is 33.2 Å². The summed E-state index contributed by atoms with van der Waals surface area (Å²) < 4.78 is 34.2. The van der Waals surface area contributed by atoms with Crippen LogP contribution in [0.3, 0.4) is 0 Å². The topological polar surface area (TPSA) is 92.9 Å². The molecule has 140 valence electrons. The Bertz CT molecular complexity index is 820. The molecule has 0 saturated carbocycles. The molecule has 2 N–H and O–H groups in total. The van der Waals surface area contributed by atoms with Crippen LogP contribution in [0.15, 0.2) is 18.2 Å². The van der Waals surface area contributed by atoms with E-state index >= 15 is 0 Å². The second kappa shape index (κ2) is 8.88. The standard InChI is InChI=1S/C16H15Cl2FN2O5/c1-23-5-6-25-14-9(17)4-3-8(13(14)19)11-7-10(20)12(18)15(21-11)26-16(22)24-2/h3-4,7H,5-6H2,1-2H3,(H2,20,21). The van der Waals surface area contributed by atoms with Gasteiger partial charge in [-0.25, -0.2) is 14.2 Å². The molecule has 2 aromatic rings. The number of nitrogen functional groups attached to an aromatic ring is 1. The second-order valence-electron chi connectivity index (χ2n) is 4.85. The molecular formula is C16H15Cl2FN2O5. The molecule has 0 atom stereocenters. The Hall–Kier alpha value is -2.29. The van der Waals surface area contributed by atoms with Gasteiger partial charge in [0.25, 0.3) is 0 Å². The second-order valence-corrected chi connectivity index (χ2v) is 5.64. The Morgan fingerprint density at radius 2 is 2.00 bits per heavy atom. The van der Waals surface area contributed by atoms with Crippen LogP contribution in [0, 0.1) is 5.82 Å². The molecule has 0 aliphatic carbocycles. The summed E-state index contributed by atoms with van der Waals surface area (Å²) in [4.78, 5) is 15.3. The van der Waals surface area contributed by atoms with Crippen molar-refractivity contribution in [1.82, 2.24) is 4.98 Å². The lowest BCUT2D eigenvalue weighted by Gasteiger charge is -2.13. The van der Waals surface area contributed by atoms with E-state index in [2.05, 4.69) is 9.72 Å². The number of rotatable bonds is 6. The number of hydrogen-bond acceptors (Lipinski definition) is 7. The van der Waals surface area contributed by atoms with Crippen molar-refractivity contribution in [2.45, 2.75) is 0 Å². The number of aromatic nitrogens is 1. The third kappa shape index (κ3) is 4.46. The van der Waals surface area contributed by atoms with Gasteiger partial charge in [-0.2, -0.15) is 0 Å². The lowest BCUT2D eigenvalue weighted by Crippen LogP contribution is -2.10. The van der Waals surface area contributed by atoms with E-state index in [-0.39, 0.29) is 51.8 Å². The van der Waals surface area contributed by atoms with Crippen molar-refractivity contribution in [3.8, 4) is 22.9 Å². The normalized spacial score (nSPS) is 10.5. The van der Waals surface area contributed by atoms with E-state index in [1.807, 2.05) is 0 Å². The van der Waals surface area contributed by atoms with Crippen molar-refractivity contribution in [3.05, 3.63) is 34.1 Å². The van der Waals surface area contributed by atoms with Gasteiger partial charge in [0.1, 0.15) is 11.6 Å². The number of hydrogen-bond donors (Lipinski definition) is 1. The molecule has 10 heteroatoms. The molecule has 1 heterocycles. The maximum absolute atomic E-state index is 14.8. The number of benzene rings is 1. The molecule has 0 bridgehead atoms. The van der Waals surface area contributed by atoms with Gasteiger partial charge in [-0.1, -0.05) is 23.2 Å². The van der Waals surface area contributed by atoms with E-state index in [9.17, 15) is 9.18 Å². The van der Waals surface area contributed by atoms with Crippen LogP contribution in [0.25, 0.3) is 11.3 Å². The van der Waals surface area contributed by atoms with E-state index in [1.165, 1.54) is 25.3 Å². The maximum Gasteiger partial charge on any atom is 0.514 e. The Morgan fingerprint density at radius 1 is 1.27 bits per heavy atom. The van der Waals surface area contributed by atoms with Gasteiger partial charge in [0.05, 0.1) is 30.1 Å². The van der Waals surface area contributed by atoms with Crippen molar-refractivity contribution >= 4 is 35.0 Å². The fraction of sp³-hybridized carbons (Fsp3) is 0.250. The van der Waals surface area contributed by atoms with Crippen LogP contribution in [0.2, 0.25) is 10.0 Å². The molecule has 0 aliphatic heterocycles. The molecule has 0 amide bonds. The number of carbonyl (C=O) groups excluding carboxylic acids is 1. The van der Waals surface area contributed by atoms with Gasteiger partial charge >= 0.3 is 6.16 Å². The zero-order chi connectivity index (χ0) is 19.3. The summed E-state index contributed by atoms with van der Waals surface area (Å²) in [5.74, 6) is -1.23. The highest BCUT2D eigenvalue weighted by atomic mass is 35.5. The summed E-state index contributed by atoms with van der Waals surface area (Å²) in [6, 6.07) is 4.16. The summed E-state index contributed by atoms with van der Waals surface area (Å²) in [5.41, 5.74) is 5.92. The average molecular weight is 405 g/mol. The molecule has 0 aliphatic rings. The van der Waals surface area contributed by atoms with Crippen molar-refractivity contribution in [2.24, 2.45) is 0 Å². The molecular weight excluding hydrogens is 390 g/mol. The predicted octanol–water partition coefficient (Wildman–Crippen LogP) is 3.95. The number of pyridine rings is 1. The summed E-state index contributed by atoms with van der Waals surface area (Å²) in [6.45, 7) is 0.354. The highest BCUT2D eigenvalue weighted by molar-refractivity contribution is 6.34. The van der Waals surface area contributed by atoms with Crippen LogP contribution in [0.4, 0.5) is 14.9 Å². The average Bonchev–Trinajstić information content (AvgIpc) is 2.61. The number of methoxy groups -OCH3 is 2. The Kier molecular flexibility index (Phi) is 6.84. The maximum atomic E-state index is 14.8. The minimum absolute atomic E-state index is 0.0277. The minimum Gasteiger partial charge on any atom is -0.487 e. The van der Waals surface area contributed by atoms with Gasteiger partial charge in [-0.05, 0) is 18.2 Å². The first-order chi connectivity index (χ1) is 12.4. The highest BCUT2D eigenvalue weighted by Gasteiger charge is 2.20. The SMILES string of the molecule is COCCOc1c(Cl)ccc(-c2cc(N)c(Cl)c(OC(=O)OC)n2)c1F. The first-order valence-electron chi connectivity index (χ1n) is 7.21. The molecule has 2 rings (SSSR count). The van der Waals surface area contributed by atoms with Gasteiger partial charge in [0, 0.05) is 12.7 Å². The van der Waals surface area contributed by atoms with Crippen molar-refractivity contribution < 1.29 is 28.1 Å². The smallest absolute Gasteiger partial charge is 0.487 e. The van der Waals surface area contributed by atoms with Crippen LogP contribution in [-0.4, -0.2) is 38.6 Å². The monoisotopic (exact) mass is 404 g/mol. The van der Waals surface area contributed by atoms with Crippen molar-refractivity contribution in [1.29, 1.82) is 0 Å². The number of halogens is 3. The van der Waals surface area contributed by atoms with E-state index in [1.54, 1.807) is 0 Å². The van der Waals surface area contributed by atoms with E-state index in [4.69, 9.17) is 43.1 Å². The molecule has 1 aromatic carbocycles. The highest BCUT2D eigenvalue weighted by Crippen LogP contribution is 2.38. The fourth-order valence-electron chi connectivity index (χ4n) is 1.94. The summed E-state index contributed by atoms with van der Waals surface area (Å²) in [7, 11) is 2.60. The molecule has 0 radical (unpaired) electrons. The lowest BCUT2D eigenvalue weighted by atomic mass is 10.1. The van der Waals surface area contributed by atoms with Crippen molar-refractivity contribution in [3.63, 3.8) is 0 Å². The minimum atomic E-state index is -1.05. The Labute approximate surface area is 158 Å². The molecule has 1 aromatic heterocycles. The van der Waals surface area contributed by atoms with Gasteiger partial charge in [0.2, 0.25) is 5.88 Å². The van der Waals surface area contributed by atoms with Crippen LogP contribution < -0.4 is 15.2 Å². The van der Waals surface area contributed by atoms with Gasteiger partial charge in [-0.15, -0.1) is 0 Å². The summed E-state index contributed by atoms with van der Waals surface area (Å²) >= 11 is 11.9. The van der Waals surface area contributed by atoms with Crippen LogP contribution in [-0.2, 0) is 9.47 Å². The summed E-state index contributed by atoms with van der Waals surface area (Å²) in [5, 5.41) is -0.0274. The molecule has 26 heavy (non-hydrogen) atoms. The van der Waals surface area contributed by atoms with Gasteiger partial charge in [-0.3, -0.25) is 0 Å². The van der Waals surface area contributed by atoms with Crippen LogP contribution in [0.5, 0.6) is 11.6 Å². The quantitative estimate of drug-likeness (QED) is 0.575. The molecule has 0 spiro atoms. The van der Waals surface area contributed by atoms with E-state index < -0.39 is 12.0 Å². The van der Waals surface area contributed by atoms with Gasteiger partial charge in [0.15, 0.2) is 11.6 Å². The number of ether oxygens (including phenoxy) is 4. The molecule has 0 saturated heterocycles. The number of nitrogens with two attached hydrogens (primary N) is 1. The Balaban J connectivity index is 2.47. The predicted molar refractivity (Wildman–Crippen MR) is 94.5 cm³/mol. The first-order valence-corrected chi connectivity index (χ1v) is 7.96. The zero-order valence-electron chi connectivity index (χ0n) is 13.8. The van der Waals surface area contributed by atoms with Gasteiger partial charge < -0.3 is 24.7 Å². The fourth-order valence-corrected chi connectivity index (χ4v) is 2.28. The van der Waals surface area contributed by atoms with E-state index in [0.29, 0.717) is 0 Å². The van der Waals surface area contributed by atoms with E-state index in [0.717, 1.165) is 7.11 Å². The number of anilines is 1. The lowest BCUT2D eigenvalue weighted by molar-refractivity contribution is 0.120.